The Morgan fingerprint density at radius 3 is 1.20 bits per heavy atom. The molecule has 119 heavy (non-hydrogen) atoms. The number of benzene rings is 14. The van der Waals surface area contributed by atoms with Crippen LogP contribution >= 0.6 is 0 Å². The van der Waals surface area contributed by atoms with Crippen molar-refractivity contribution in [2.45, 2.75) is 275 Å². The van der Waals surface area contributed by atoms with Crippen LogP contribution < -0.4 is 0 Å². The SMILES string of the molecule is Cc1cc(C(C)C)c2c(C)cccc2c1.Cc1cc(C(C)C)c2cc(C)ccc2c1.Cc1cc(C23CC4CC(CC(C4)C2)C3)c2ccccc2c1.Cc1cc(C2CC3CCC2C3)c2ccccc2c1.Cc1cc(CC2CCCC2)c2ccccc2c1.Cc1cc(CC2CCCCC2)c2ccccc2c1.Cc1ccc2c(C(C)C)cc(C)cc2c1. The summed E-state index contributed by atoms with van der Waals surface area (Å²) >= 11 is 0. The zero-order chi connectivity index (χ0) is 83.2. The molecule has 616 valence electrons. The van der Waals surface area contributed by atoms with Crippen molar-refractivity contribution in [1.82, 2.24) is 0 Å². The van der Waals surface area contributed by atoms with Crippen molar-refractivity contribution in [2.24, 2.45) is 41.4 Å². The van der Waals surface area contributed by atoms with E-state index in [2.05, 4.69) is 347 Å². The van der Waals surface area contributed by atoms with Crippen LogP contribution in [0.3, 0.4) is 0 Å². The molecule has 8 aliphatic carbocycles. The predicted octanol–water partition coefficient (Wildman–Crippen LogP) is 34.6. The van der Waals surface area contributed by atoms with Crippen molar-refractivity contribution in [3.8, 4) is 0 Å². The van der Waals surface area contributed by atoms with E-state index in [4.69, 9.17) is 0 Å². The van der Waals surface area contributed by atoms with Gasteiger partial charge < -0.3 is 0 Å². The summed E-state index contributed by atoms with van der Waals surface area (Å²) in [6.45, 7) is 35.5. The minimum Gasteiger partial charge on any atom is -0.0616 e. The number of hydrogen-bond donors (Lipinski definition) is 0. The maximum Gasteiger partial charge on any atom is -0.00328 e. The average Bonchev–Trinajstić information content (AvgIpc) is 1.55. The largest absolute Gasteiger partial charge is 0.0616 e. The highest BCUT2D eigenvalue weighted by Crippen LogP contribution is 2.62. The first-order valence-corrected chi connectivity index (χ1v) is 46.9. The van der Waals surface area contributed by atoms with Crippen LogP contribution in [0.15, 0.2) is 237 Å². The summed E-state index contributed by atoms with van der Waals surface area (Å²) in [5.74, 6) is 9.54. The lowest BCUT2D eigenvalue weighted by Crippen LogP contribution is -2.48. The van der Waals surface area contributed by atoms with Crippen LogP contribution in [0.5, 0.6) is 0 Å². The molecule has 0 aliphatic heterocycles. The molecule has 22 rings (SSSR count). The average molecular weight is 1570 g/mol. The zero-order valence-electron chi connectivity index (χ0n) is 75.7. The molecule has 8 fully saturated rings. The molecule has 14 aromatic rings. The molecule has 0 aromatic heterocycles. The van der Waals surface area contributed by atoms with E-state index in [1.165, 1.54) is 283 Å². The summed E-state index contributed by atoms with van der Waals surface area (Å²) in [5, 5.41) is 20.0. The Labute approximate surface area is 717 Å². The number of aryl methyl sites for hydroxylation is 10. The summed E-state index contributed by atoms with van der Waals surface area (Å²) in [6, 6.07) is 88.4. The van der Waals surface area contributed by atoms with E-state index in [1.807, 2.05) is 0 Å². The van der Waals surface area contributed by atoms with Gasteiger partial charge in [-0.3, -0.25) is 0 Å². The summed E-state index contributed by atoms with van der Waals surface area (Å²) in [5.41, 5.74) is 25.2. The minimum atomic E-state index is 0.514. The van der Waals surface area contributed by atoms with Crippen LogP contribution in [-0.2, 0) is 18.3 Å². The molecule has 0 amide bonds. The molecule has 8 saturated carbocycles. The number of hydrogen-bond acceptors (Lipinski definition) is 0. The van der Waals surface area contributed by atoms with E-state index >= 15 is 0 Å². The first kappa shape index (κ1) is 84.9. The van der Waals surface area contributed by atoms with Gasteiger partial charge in [0.2, 0.25) is 0 Å². The van der Waals surface area contributed by atoms with Crippen LogP contribution in [-0.4, -0.2) is 0 Å². The Balaban J connectivity index is 0.000000109. The van der Waals surface area contributed by atoms with Gasteiger partial charge in [0.1, 0.15) is 0 Å². The van der Waals surface area contributed by atoms with Crippen LogP contribution in [0, 0.1) is 111 Å². The highest BCUT2D eigenvalue weighted by molar-refractivity contribution is 5.93. The lowest BCUT2D eigenvalue weighted by molar-refractivity contribution is -0.00452. The van der Waals surface area contributed by atoms with Gasteiger partial charge in [-0.25, -0.2) is 0 Å². The van der Waals surface area contributed by atoms with E-state index < -0.39 is 0 Å². The molecule has 6 bridgehead atoms. The molecule has 0 radical (unpaired) electrons. The van der Waals surface area contributed by atoms with Gasteiger partial charge in [0.25, 0.3) is 0 Å². The third-order valence-corrected chi connectivity index (χ3v) is 29.0. The lowest BCUT2D eigenvalue weighted by Gasteiger charge is -2.57. The second kappa shape index (κ2) is 37.9. The number of rotatable bonds is 9. The normalized spacial score (nSPS) is 20.4. The first-order chi connectivity index (χ1) is 57.4. The fourth-order valence-corrected chi connectivity index (χ4v) is 24.0. The van der Waals surface area contributed by atoms with Crippen LogP contribution in [0.4, 0.5) is 0 Å². The molecule has 0 spiro atoms. The highest BCUT2D eigenvalue weighted by atomic mass is 14.6. The monoisotopic (exact) mass is 1570 g/mol. The molecular formula is C119H140. The van der Waals surface area contributed by atoms with Gasteiger partial charge in [0.15, 0.2) is 0 Å². The second-order valence-electron chi connectivity index (χ2n) is 40.1. The third kappa shape index (κ3) is 20.3. The molecule has 8 aliphatic rings. The predicted molar refractivity (Wildman–Crippen MR) is 521 cm³/mol. The molecule has 3 atom stereocenters. The molecular weight excluding hydrogens is 1430 g/mol. The molecule has 0 N–H and O–H groups in total. The smallest absolute Gasteiger partial charge is 0.00328 e. The third-order valence-electron chi connectivity index (χ3n) is 29.0. The van der Waals surface area contributed by atoms with Gasteiger partial charge in [-0.15, -0.1) is 0 Å². The Kier molecular flexibility index (Phi) is 27.0. The Morgan fingerprint density at radius 1 is 0.277 bits per heavy atom. The van der Waals surface area contributed by atoms with Crippen molar-refractivity contribution >= 4 is 75.4 Å². The standard InChI is InChI=1S/C21H24.C18H20.C18H22.C17H20.3C15H18/c1-14-6-18-4-2-3-5-19(18)20(7-14)21-11-15-8-16(12-21)10-17(9-15)13-21;1-12-8-14-4-2-3-5-16(14)18(9-12)17-11-13-6-7-15(17)10-13;1-14-11-16-9-5-6-10-18(16)17(12-14)13-15-7-3-2-4-8-15;1-13-10-15-8-4-5-9-17(15)16(11-13)12-14-6-2-3-7-14;1-10(2)14-9-12(4)7-13-6-5-11(3)8-15(13)14;1-10(2)15-9-12(4)8-13-7-11(3)5-6-14(13)15;1-10(2)14-9-11(3)8-13-7-5-6-12(4)15(13)14/h2-7,15-17H,8-13H2,1H3;2-5,8-9,13,15,17H,6-7,10-11H2,1H3;5-6,9-12,15H,2-4,7-8,13H2,1H3;4-5,8-11,14H,2-3,6-7,12H2,1H3;3*5-10H,1-4H3. The van der Waals surface area contributed by atoms with Crippen molar-refractivity contribution in [3.05, 3.63) is 331 Å². The molecule has 14 aromatic carbocycles. The summed E-state index contributed by atoms with van der Waals surface area (Å²) in [4.78, 5) is 0. The maximum absolute atomic E-state index is 2.52. The fraction of sp³-hybridized carbons (Fsp3) is 0.412. The van der Waals surface area contributed by atoms with E-state index in [0.717, 1.165) is 47.3 Å². The van der Waals surface area contributed by atoms with E-state index in [-0.39, 0.29) is 0 Å². The van der Waals surface area contributed by atoms with Gasteiger partial charge in [0, 0.05) is 0 Å². The van der Waals surface area contributed by atoms with Crippen LogP contribution in [0.2, 0.25) is 0 Å². The summed E-state index contributed by atoms with van der Waals surface area (Å²) in [6.07, 6.45) is 30.4. The van der Waals surface area contributed by atoms with Crippen molar-refractivity contribution in [2.75, 3.05) is 0 Å². The first-order valence-electron chi connectivity index (χ1n) is 46.9. The topological polar surface area (TPSA) is 0 Å². The Bertz CT molecular complexity index is 5800. The van der Waals surface area contributed by atoms with Gasteiger partial charge in [-0.05, 0) is 330 Å². The van der Waals surface area contributed by atoms with Gasteiger partial charge in [-0.2, -0.15) is 0 Å². The van der Waals surface area contributed by atoms with E-state index in [0.29, 0.717) is 23.2 Å². The highest BCUT2D eigenvalue weighted by Gasteiger charge is 2.52. The molecule has 0 heteroatoms. The molecule has 0 saturated heterocycles. The molecule has 3 unspecified atom stereocenters. The second-order valence-corrected chi connectivity index (χ2v) is 40.1. The maximum atomic E-state index is 2.52. The van der Waals surface area contributed by atoms with E-state index in [1.54, 1.807) is 22.3 Å². The van der Waals surface area contributed by atoms with Crippen molar-refractivity contribution < 1.29 is 0 Å². The minimum absolute atomic E-state index is 0.514. The molecule has 0 heterocycles. The Morgan fingerprint density at radius 2 is 0.681 bits per heavy atom. The number of fused-ring (bicyclic) bond motifs is 9. The van der Waals surface area contributed by atoms with Gasteiger partial charge in [0.05, 0.1) is 0 Å². The molecule has 0 nitrogen and oxygen atoms in total. The van der Waals surface area contributed by atoms with Crippen molar-refractivity contribution in [3.63, 3.8) is 0 Å². The quantitative estimate of drug-likeness (QED) is 0.135. The van der Waals surface area contributed by atoms with E-state index in [9.17, 15) is 0 Å². The van der Waals surface area contributed by atoms with Crippen LogP contribution in [0.25, 0.3) is 75.4 Å². The fourth-order valence-electron chi connectivity index (χ4n) is 24.0. The summed E-state index contributed by atoms with van der Waals surface area (Å²) in [7, 11) is 0. The van der Waals surface area contributed by atoms with Crippen molar-refractivity contribution in [1.29, 1.82) is 0 Å². The lowest BCUT2D eigenvalue weighted by atomic mass is 9.47. The van der Waals surface area contributed by atoms with Crippen LogP contribution in [0.1, 0.15) is 282 Å². The summed E-state index contributed by atoms with van der Waals surface area (Å²) < 4.78 is 0. The van der Waals surface area contributed by atoms with Gasteiger partial charge >= 0.3 is 0 Å². The Hall–Kier alpha value is -9.10. The zero-order valence-corrected chi connectivity index (χ0v) is 75.7. The van der Waals surface area contributed by atoms with Gasteiger partial charge in [-0.1, -0.05) is 392 Å².